The number of carbonyl (C=O) groups is 1. The normalized spacial score (nSPS) is 11.0. The lowest BCUT2D eigenvalue weighted by molar-refractivity contribution is -0.384. The van der Waals surface area contributed by atoms with Gasteiger partial charge in [0.25, 0.3) is 11.6 Å². The van der Waals surface area contributed by atoms with Crippen molar-refractivity contribution in [1.82, 2.24) is 14.5 Å². The van der Waals surface area contributed by atoms with Gasteiger partial charge in [-0.1, -0.05) is 17.4 Å². The summed E-state index contributed by atoms with van der Waals surface area (Å²) in [5, 5.41) is 11.6. The summed E-state index contributed by atoms with van der Waals surface area (Å²) in [5.41, 5.74) is 3.45. The van der Waals surface area contributed by atoms with Crippen LogP contribution in [0.15, 0.2) is 55.1 Å². The number of non-ortho nitro benzene ring substituents is 1. The molecule has 158 valence electrons. The molecule has 0 aliphatic rings. The van der Waals surface area contributed by atoms with Crippen LogP contribution in [0.5, 0.6) is 0 Å². The molecule has 0 aliphatic heterocycles. The van der Waals surface area contributed by atoms with Crippen LogP contribution in [0.1, 0.15) is 27.9 Å². The molecule has 0 fully saturated rings. The highest BCUT2D eigenvalue weighted by Crippen LogP contribution is 2.32. The summed E-state index contributed by atoms with van der Waals surface area (Å²) in [5.74, 6) is -0.228. The van der Waals surface area contributed by atoms with Crippen molar-refractivity contribution in [2.75, 3.05) is 11.4 Å². The number of fused-ring (bicyclic) bond motifs is 1. The lowest BCUT2D eigenvalue weighted by atomic mass is 10.1. The van der Waals surface area contributed by atoms with Crippen LogP contribution in [-0.2, 0) is 6.54 Å². The summed E-state index contributed by atoms with van der Waals surface area (Å²) in [7, 11) is 0. The van der Waals surface area contributed by atoms with Crippen molar-refractivity contribution in [3.63, 3.8) is 0 Å². The Labute approximate surface area is 182 Å². The maximum Gasteiger partial charge on any atom is 0.269 e. The number of hydrogen-bond acceptors (Lipinski definition) is 6. The van der Waals surface area contributed by atoms with Gasteiger partial charge in [0, 0.05) is 43.2 Å². The second-order valence-corrected chi connectivity index (χ2v) is 8.35. The van der Waals surface area contributed by atoms with Crippen LogP contribution < -0.4 is 4.90 Å². The predicted molar refractivity (Wildman–Crippen MR) is 121 cm³/mol. The summed E-state index contributed by atoms with van der Waals surface area (Å²) < 4.78 is 2.99. The van der Waals surface area contributed by atoms with Gasteiger partial charge in [-0.15, -0.1) is 0 Å². The topological polar surface area (TPSA) is 94.2 Å². The van der Waals surface area contributed by atoms with Crippen molar-refractivity contribution in [3.8, 4) is 0 Å². The van der Waals surface area contributed by atoms with E-state index in [1.165, 1.54) is 35.6 Å². The first kappa shape index (κ1) is 20.7. The molecule has 0 bridgehead atoms. The minimum Gasteiger partial charge on any atom is -0.337 e. The maximum atomic E-state index is 13.4. The van der Waals surface area contributed by atoms with Gasteiger partial charge in [0.05, 0.1) is 21.5 Å². The Morgan fingerprint density at radius 1 is 1.23 bits per heavy atom. The fourth-order valence-electron chi connectivity index (χ4n) is 3.47. The Kier molecular flexibility index (Phi) is 5.77. The first-order valence-corrected chi connectivity index (χ1v) is 10.6. The molecular formula is C22H21N5O3S. The molecule has 9 heteroatoms. The van der Waals surface area contributed by atoms with E-state index < -0.39 is 4.92 Å². The van der Waals surface area contributed by atoms with E-state index in [1.54, 1.807) is 17.4 Å². The summed E-state index contributed by atoms with van der Waals surface area (Å²) in [6.07, 6.45) is 6.06. The van der Waals surface area contributed by atoms with E-state index in [-0.39, 0.29) is 11.6 Å². The molecule has 2 aromatic carbocycles. The molecule has 0 spiro atoms. The number of rotatable bonds is 7. The molecule has 0 atom stereocenters. The van der Waals surface area contributed by atoms with Gasteiger partial charge in [0.15, 0.2) is 5.13 Å². The van der Waals surface area contributed by atoms with E-state index in [0.29, 0.717) is 30.2 Å². The number of nitrogens with zero attached hydrogens (tertiary/aromatic N) is 5. The summed E-state index contributed by atoms with van der Waals surface area (Å²) in [6, 6.07) is 9.83. The van der Waals surface area contributed by atoms with Crippen molar-refractivity contribution in [2.24, 2.45) is 0 Å². The molecule has 31 heavy (non-hydrogen) atoms. The number of thiazole rings is 1. The van der Waals surface area contributed by atoms with E-state index >= 15 is 0 Å². The summed E-state index contributed by atoms with van der Waals surface area (Å²) in [4.78, 5) is 34.3. The zero-order chi connectivity index (χ0) is 22.0. The van der Waals surface area contributed by atoms with E-state index in [4.69, 9.17) is 4.98 Å². The first-order valence-electron chi connectivity index (χ1n) is 9.82. The number of aryl methyl sites for hydroxylation is 3. The Morgan fingerprint density at radius 2 is 2.00 bits per heavy atom. The maximum absolute atomic E-state index is 13.4. The van der Waals surface area contributed by atoms with Gasteiger partial charge in [-0.05, 0) is 49.6 Å². The molecule has 0 saturated carbocycles. The largest absolute Gasteiger partial charge is 0.337 e. The Bertz CT molecular complexity index is 1230. The SMILES string of the molecule is Cc1cc(C)c2nc(N(CCCn3ccnc3)C(=O)c3ccc([N+](=O)[O-])cc3)sc2c1. The van der Waals surface area contributed by atoms with Crippen LogP contribution in [0, 0.1) is 24.0 Å². The summed E-state index contributed by atoms with van der Waals surface area (Å²) >= 11 is 1.48. The first-order chi connectivity index (χ1) is 14.9. The fourth-order valence-corrected chi connectivity index (χ4v) is 4.64. The number of aromatic nitrogens is 3. The third-order valence-electron chi connectivity index (χ3n) is 4.98. The number of carbonyl (C=O) groups excluding carboxylic acids is 1. The minimum absolute atomic E-state index is 0.0469. The van der Waals surface area contributed by atoms with Crippen molar-refractivity contribution in [1.29, 1.82) is 0 Å². The van der Waals surface area contributed by atoms with Gasteiger partial charge < -0.3 is 4.57 Å². The molecule has 2 aromatic heterocycles. The van der Waals surface area contributed by atoms with Crippen LogP contribution in [0.25, 0.3) is 10.2 Å². The highest BCUT2D eigenvalue weighted by Gasteiger charge is 2.22. The predicted octanol–water partition coefficient (Wildman–Crippen LogP) is 4.75. The molecule has 0 radical (unpaired) electrons. The van der Waals surface area contributed by atoms with Crippen LogP contribution in [0.4, 0.5) is 10.8 Å². The standard InChI is InChI=1S/C22H21N5O3S/c1-15-12-16(2)20-19(13-15)31-22(24-20)26(10-3-9-25-11-8-23-14-25)21(28)17-4-6-18(7-5-17)27(29)30/h4-8,11-14H,3,9-10H2,1-2H3. The zero-order valence-electron chi connectivity index (χ0n) is 17.2. The number of anilines is 1. The number of imidazole rings is 1. The molecule has 0 saturated heterocycles. The fraction of sp³-hybridized carbons (Fsp3) is 0.227. The van der Waals surface area contributed by atoms with E-state index in [1.807, 2.05) is 24.6 Å². The number of benzene rings is 2. The van der Waals surface area contributed by atoms with Gasteiger partial charge in [0.2, 0.25) is 0 Å². The molecule has 0 unspecified atom stereocenters. The molecule has 2 heterocycles. The van der Waals surface area contributed by atoms with Gasteiger partial charge in [-0.25, -0.2) is 9.97 Å². The second kappa shape index (κ2) is 8.65. The van der Waals surface area contributed by atoms with Crippen LogP contribution in [0.2, 0.25) is 0 Å². The lowest BCUT2D eigenvalue weighted by Gasteiger charge is -2.20. The molecule has 4 rings (SSSR count). The summed E-state index contributed by atoms with van der Waals surface area (Å²) in [6.45, 7) is 5.23. The highest BCUT2D eigenvalue weighted by atomic mass is 32.1. The smallest absolute Gasteiger partial charge is 0.269 e. The van der Waals surface area contributed by atoms with Gasteiger partial charge in [0.1, 0.15) is 0 Å². The van der Waals surface area contributed by atoms with Crippen molar-refractivity contribution >= 4 is 38.3 Å². The minimum atomic E-state index is -0.476. The lowest BCUT2D eigenvalue weighted by Crippen LogP contribution is -2.32. The zero-order valence-corrected chi connectivity index (χ0v) is 18.0. The molecular weight excluding hydrogens is 414 g/mol. The average Bonchev–Trinajstić information content (AvgIpc) is 3.40. The average molecular weight is 436 g/mol. The van der Waals surface area contributed by atoms with E-state index in [9.17, 15) is 14.9 Å². The van der Waals surface area contributed by atoms with Crippen LogP contribution >= 0.6 is 11.3 Å². The quantitative estimate of drug-likeness (QED) is 0.308. The Morgan fingerprint density at radius 3 is 2.68 bits per heavy atom. The Balaban J connectivity index is 1.65. The van der Waals surface area contributed by atoms with Gasteiger partial charge in [-0.2, -0.15) is 0 Å². The monoisotopic (exact) mass is 435 g/mol. The van der Waals surface area contributed by atoms with Gasteiger partial charge in [-0.3, -0.25) is 19.8 Å². The number of nitro benzene ring substituents is 1. The number of nitro groups is 1. The van der Waals surface area contributed by atoms with Crippen molar-refractivity contribution in [2.45, 2.75) is 26.8 Å². The molecule has 0 N–H and O–H groups in total. The van der Waals surface area contributed by atoms with Gasteiger partial charge >= 0.3 is 0 Å². The molecule has 1 amide bonds. The number of hydrogen-bond donors (Lipinski definition) is 0. The third kappa shape index (κ3) is 4.46. The number of amides is 1. The van der Waals surface area contributed by atoms with Crippen LogP contribution in [-0.4, -0.2) is 31.9 Å². The van der Waals surface area contributed by atoms with E-state index in [0.717, 1.165) is 21.3 Å². The van der Waals surface area contributed by atoms with Crippen molar-refractivity contribution < 1.29 is 9.72 Å². The van der Waals surface area contributed by atoms with Crippen molar-refractivity contribution in [3.05, 3.63) is 81.9 Å². The molecule has 8 nitrogen and oxygen atoms in total. The Hall–Kier alpha value is -3.59. The van der Waals surface area contributed by atoms with E-state index in [2.05, 4.69) is 17.1 Å². The molecule has 0 aliphatic carbocycles. The van der Waals surface area contributed by atoms with Crippen LogP contribution in [0.3, 0.4) is 0 Å². The second-order valence-electron chi connectivity index (χ2n) is 7.34. The highest BCUT2D eigenvalue weighted by molar-refractivity contribution is 7.22. The molecule has 4 aromatic rings. The third-order valence-corrected chi connectivity index (χ3v) is 6.00.